The molecule has 0 radical (unpaired) electrons. The van der Waals surface area contributed by atoms with Crippen molar-refractivity contribution >= 4 is 17.7 Å². The number of methoxy groups -OCH3 is 1. The van der Waals surface area contributed by atoms with Crippen LogP contribution < -0.4 is 10.6 Å². The zero-order valence-electron chi connectivity index (χ0n) is 14.9. The highest BCUT2D eigenvalue weighted by molar-refractivity contribution is 5.89. The largest absolute Gasteiger partial charge is 0.469 e. The number of urea groups is 1. The molecule has 0 bridgehead atoms. The second-order valence-electron chi connectivity index (χ2n) is 7.06. The normalized spacial score (nSPS) is 12.7. The molecule has 2 N–H and O–H groups in total. The Morgan fingerprint density at radius 1 is 1.13 bits per heavy atom. The number of ether oxygens (including phenoxy) is 1. The van der Waals surface area contributed by atoms with Crippen molar-refractivity contribution in [3.05, 3.63) is 29.8 Å². The highest BCUT2D eigenvalue weighted by Gasteiger charge is 2.20. The number of rotatable bonds is 5. The molecule has 1 rings (SSSR count). The lowest BCUT2D eigenvalue weighted by molar-refractivity contribution is -0.141. The number of benzene rings is 1. The van der Waals surface area contributed by atoms with E-state index >= 15 is 0 Å². The summed E-state index contributed by atoms with van der Waals surface area (Å²) in [5.41, 5.74) is 2.00. The Balaban J connectivity index is 2.66. The predicted octanol–water partition coefficient (Wildman–Crippen LogP) is 3.69. The third kappa shape index (κ3) is 6.30. The van der Waals surface area contributed by atoms with Crippen molar-refractivity contribution in [3.63, 3.8) is 0 Å². The highest BCUT2D eigenvalue weighted by Crippen LogP contribution is 2.23. The predicted molar refractivity (Wildman–Crippen MR) is 92.6 cm³/mol. The van der Waals surface area contributed by atoms with Gasteiger partial charge in [-0.2, -0.15) is 0 Å². The summed E-state index contributed by atoms with van der Waals surface area (Å²) >= 11 is 0. The monoisotopic (exact) mass is 320 g/mol. The van der Waals surface area contributed by atoms with E-state index in [0.717, 1.165) is 5.69 Å². The van der Waals surface area contributed by atoms with Crippen molar-refractivity contribution in [1.82, 2.24) is 5.32 Å². The lowest BCUT2D eigenvalue weighted by Crippen LogP contribution is -2.42. The number of hydrogen-bond donors (Lipinski definition) is 2. The Morgan fingerprint density at radius 2 is 1.70 bits per heavy atom. The second-order valence-corrected chi connectivity index (χ2v) is 7.06. The number of esters is 1. The van der Waals surface area contributed by atoms with Crippen LogP contribution in [0.5, 0.6) is 0 Å². The molecule has 0 aliphatic carbocycles. The van der Waals surface area contributed by atoms with Crippen LogP contribution in [0.2, 0.25) is 0 Å². The molecule has 0 aliphatic rings. The van der Waals surface area contributed by atoms with E-state index in [0.29, 0.717) is 0 Å². The zero-order valence-corrected chi connectivity index (χ0v) is 14.9. The van der Waals surface area contributed by atoms with Gasteiger partial charge in [0.1, 0.15) is 0 Å². The maximum absolute atomic E-state index is 12.1. The van der Waals surface area contributed by atoms with E-state index in [9.17, 15) is 9.59 Å². The van der Waals surface area contributed by atoms with Gasteiger partial charge in [0.2, 0.25) is 0 Å². The fourth-order valence-corrected chi connectivity index (χ4v) is 2.11. The van der Waals surface area contributed by atoms with Gasteiger partial charge in [0.25, 0.3) is 0 Å². The molecule has 5 heteroatoms. The molecule has 1 aromatic carbocycles. The maximum Gasteiger partial charge on any atom is 0.319 e. The lowest BCUT2D eigenvalue weighted by Gasteiger charge is -2.22. The number of hydrogen-bond acceptors (Lipinski definition) is 3. The summed E-state index contributed by atoms with van der Waals surface area (Å²) in [6.45, 7) is 10.3. The van der Waals surface area contributed by atoms with E-state index in [1.165, 1.54) is 12.7 Å². The summed E-state index contributed by atoms with van der Waals surface area (Å²) in [4.78, 5) is 23.5. The fourth-order valence-electron chi connectivity index (χ4n) is 2.11. The minimum atomic E-state index is -0.335. The van der Waals surface area contributed by atoms with Crippen molar-refractivity contribution in [2.45, 2.75) is 52.5 Å². The molecule has 5 nitrogen and oxygen atoms in total. The number of anilines is 1. The van der Waals surface area contributed by atoms with Crippen molar-refractivity contribution in [1.29, 1.82) is 0 Å². The first-order valence-corrected chi connectivity index (χ1v) is 7.88. The second kappa shape index (κ2) is 7.99. The minimum Gasteiger partial charge on any atom is -0.469 e. The molecule has 0 saturated heterocycles. The summed E-state index contributed by atoms with van der Waals surface area (Å²) in [5.74, 6) is -0.207. The first-order chi connectivity index (χ1) is 10.6. The number of carbonyl (C=O) groups is 2. The van der Waals surface area contributed by atoms with E-state index < -0.39 is 0 Å². The number of amides is 2. The molecule has 0 spiro atoms. The first kappa shape index (κ1) is 19.0. The summed E-state index contributed by atoms with van der Waals surface area (Å²) in [6, 6.07) is 7.18. The average molecular weight is 320 g/mol. The molecule has 1 aromatic rings. The molecule has 128 valence electrons. The first-order valence-electron chi connectivity index (χ1n) is 7.88. The van der Waals surface area contributed by atoms with Crippen LogP contribution in [0, 0.1) is 5.92 Å². The van der Waals surface area contributed by atoms with E-state index in [1.807, 2.05) is 38.1 Å². The molecule has 1 atom stereocenters. The van der Waals surface area contributed by atoms with Crippen molar-refractivity contribution in [2.24, 2.45) is 5.92 Å². The lowest BCUT2D eigenvalue weighted by atomic mass is 9.87. The van der Waals surface area contributed by atoms with Gasteiger partial charge in [-0.1, -0.05) is 46.8 Å². The summed E-state index contributed by atoms with van der Waals surface area (Å²) in [5, 5.41) is 5.62. The Labute approximate surface area is 138 Å². The number of carbonyl (C=O) groups excluding carboxylic acids is 2. The van der Waals surface area contributed by atoms with Crippen molar-refractivity contribution in [2.75, 3.05) is 12.4 Å². The topological polar surface area (TPSA) is 67.4 Å². The van der Waals surface area contributed by atoms with Gasteiger partial charge in [-0.05, 0) is 29.0 Å². The maximum atomic E-state index is 12.1. The van der Waals surface area contributed by atoms with E-state index in [-0.39, 0.29) is 35.8 Å². The van der Waals surface area contributed by atoms with Crippen LogP contribution in [0.15, 0.2) is 24.3 Å². The minimum absolute atomic E-state index is 0.0735. The molecule has 0 unspecified atom stereocenters. The Bertz CT molecular complexity index is 530. The average Bonchev–Trinajstić information content (AvgIpc) is 2.45. The number of nitrogens with one attached hydrogen (secondary N) is 2. The van der Waals surface area contributed by atoms with Crippen LogP contribution in [0.1, 0.15) is 46.6 Å². The smallest absolute Gasteiger partial charge is 0.319 e. The molecule has 2 amide bonds. The molecular formula is C18H28N2O3. The van der Waals surface area contributed by atoms with Crippen LogP contribution in [-0.2, 0) is 14.9 Å². The third-order valence-electron chi connectivity index (χ3n) is 3.74. The van der Waals surface area contributed by atoms with Crippen LogP contribution in [0.25, 0.3) is 0 Å². The molecular weight excluding hydrogens is 292 g/mol. The molecule has 0 aliphatic heterocycles. The SMILES string of the molecule is COC(=O)C[C@H](NC(=O)Nc1ccc(C(C)(C)C)cc1)C(C)C. The van der Waals surface area contributed by atoms with Crippen LogP contribution in [0.4, 0.5) is 10.5 Å². The van der Waals surface area contributed by atoms with Gasteiger partial charge in [-0.25, -0.2) is 4.79 Å². The summed E-state index contributed by atoms with van der Waals surface area (Å²) < 4.78 is 4.67. The van der Waals surface area contributed by atoms with Gasteiger partial charge in [-0.15, -0.1) is 0 Å². The van der Waals surface area contributed by atoms with Crippen molar-refractivity contribution in [3.8, 4) is 0 Å². The molecule has 0 aromatic heterocycles. The van der Waals surface area contributed by atoms with Crippen LogP contribution in [-0.4, -0.2) is 25.2 Å². The van der Waals surface area contributed by atoms with Gasteiger partial charge in [0.05, 0.1) is 13.5 Å². The molecule has 0 heterocycles. The van der Waals surface area contributed by atoms with E-state index in [4.69, 9.17) is 0 Å². The summed E-state index contributed by atoms with van der Waals surface area (Å²) in [7, 11) is 1.34. The van der Waals surface area contributed by atoms with Crippen molar-refractivity contribution < 1.29 is 14.3 Å². The quantitative estimate of drug-likeness (QED) is 0.813. The van der Waals surface area contributed by atoms with Crippen LogP contribution >= 0.6 is 0 Å². The third-order valence-corrected chi connectivity index (χ3v) is 3.74. The Morgan fingerprint density at radius 3 is 2.13 bits per heavy atom. The van der Waals surface area contributed by atoms with E-state index in [2.05, 4.69) is 36.1 Å². The standard InChI is InChI=1S/C18H28N2O3/c1-12(2)15(11-16(21)23-6)20-17(22)19-14-9-7-13(8-10-14)18(3,4)5/h7-10,12,15H,11H2,1-6H3,(H2,19,20,22)/t15-/m0/s1. The zero-order chi connectivity index (χ0) is 17.6. The molecule has 0 saturated carbocycles. The van der Waals surface area contributed by atoms with Gasteiger partial charge in [0, 0.05) is 11.7 Å². The fraction of sp³-hybridized carbons (Fsp3) is 0.556. The molecule has 23 heavy (non-hydrogen) atoms. The molecule has 0 fully saturated rings. The Kier molecular flexibility index (Phi) is 6.61. The van der Waals surface area contributed by atoms with E-state index in [1.54, 1.807) is 0 Å². The van der Waals surface area contributed by atoms with Gasteiger partial charge in [0.15, 0.2) is 0 Å². The van der Waals surface area contributed by atoms with Gasteiger partial charge >= 0.3 is 12.0 Å². The Hall–Kier alpha value is -2.04. The van der Waals surface area contributed by atoms with Crippen LogP contribution in [0.3, 0.4) is 0 Å². The summed E-state index contributed by atoms with van der Waals surface area (Å²) in [6.07, 6.45) is 0.157. The highest BCUT2D eigenvalue weighted by atomic mass is 16.5. The van der Waals surface area contributed by atoms with Gasteiger partial charge < -0.3 is 15.4 Å². The van der Waals surface area contributed by atoms with Gasteiger partial charge in [-0.3, -0.25) is 4.79 Å².